The number of hydrogen-bond acceptors (Lipinski definition) is 10. The van der Waals surface area contributed by atoms with Crippen molar-refractivity contribution in [3.8, 4) is 0 Å². The maximum atomic E-state index is 10.7. The Morgan fingerprint density at radius 1 is 0.478 bits per heavy atom. The van der Waals surface area contributed by atoms with Crippen LogP contribution in [0.3, 0.4) is 0 Å². The van der Waals surface area contributed by atoms with Crippen molar-refractivity contribution < 1.29 is 47.6 Å². The van der Waals surface area contributed by atoms with E-state index in [1.807, 2.05) is 6.92 Å². The fourth-order valence-electron chi connectivity index (χ4n) is 2.45. The average molecular weight is 679 g/mol. The number of carbonyl (C=O) groups excluding carboxylic acids is 4. The van der Waals surface area contributed by atoms with E-state index in [9.17, 15) is 19.2 Å². The van der Waals surface area contributed by atoms with Crippen LogP contribution in [0.4, 0.5) is 9.59 Å². The van der Waals surface area contributed by atoms with Crippen molar-refractivity contribution in [1.82, 2.24) is 10.6 Å². The van der Waals surface area contributed by atoms with Gasteiger partial charge in [-0.15, -0.1) is 0 Å². The highest BCUT2D eigenvalue weighted by Crippen LogP contribution is 2.08. The van der Waals surface area contributed by atoms with E-state index >= 15 is 0 Å². The van der Waals surface area contributed by atoms with Crippen LogP contribution in [-0.4, -0.2) is 93.1 Å². The van der Waals surface area contributed by atoms with Crippen molar-refractivity contribution in [2.24, 2.45) is 23.7 Å². The molecule has 0 aromatic carbocycles. The van der Waals surface area contributed by atoms with Gasteiger partial charge in [-0.25, -0.2) is 9.59 Å². The first-order chi connectivity index (χ1) is 18.8. The summed E-state index contributed by atoms with van der Waals surface area (Å²) < 4.78 is 27.4. The molecule has 2 N–H and O–H groups in total. The first-order valence-corrected chi connectivity index (χ1v) is 13.6. The standard InChI is InChI=1S/C8H16N2O4.C8H14O4.C6H14O2.C6H14.6CH4/c1-6(4-9-7(11)13-2)5-10-8(12)14-3;1-6(4-7(9)11-2)5-8(10)12-3;1-6(4-7-2)5-8-3;1-4-6(3)5-2;;;;;;/h6H,4-5H2,1-3H3,(H,9,11)(H,10,12);6H,4-5H2,1-3H3;6H,4-5H2,1-3H3;6H,4-5H2,1-3H3;6*1H4. The SMILES string of the molecule is C.C.C.C.C.C.CCC(C)CC.COC(=O)CC(C)CC(=O)OC.COC(=O)NCC(C)CNC(=O)OC.COCC(C)COC. The number of rotatable bonds is 14. The number of carbonyl (C=O) groups is 4. The van der Waals surface area contributed by atoms with Gasteiger partial charge in [0.2, 0.25) is 0 Å². The number of alkyl carbamates (subject to hydrolysis) is 2. The summed E-state index contributed by atoms with van der Waals surface area (Å²) in [5.41, 5.74) is 0. The van der Waals surface area contributed by atoms with Crippen LogP contribution in [0, 0.1) is 23.7 Å². The van der Waals surface area contributed by atoms with Crippen molar-refractivity contribution in [3.05, 3.63) is 0 Å². The topological polar surface area (TPSA) is 148 Å². The van der Waals surface area contributed by atoms with Crippen LogP contribution >= 0.6 is 0 Å². The Hall–Kier alpha value is -2.60. The highest BCUT2D eigenvalue weighted by molar-refractivity contribution is 5.72. The lowest BCUT2D eigenvalue weighted by Crippen LogP contribution is -2.35. The monoisotopic (exact) mass is 679 g/mol. The molecule has 2 amide bonds. The summed E-state index contributed by atoms with van der Waals surface area (Å²) in [5.74, 6) is 0.950. The Kier molecular flexibility index (Phi) is 79.0. The molecule has 0 atom stereocenters. The molecule has 0 aromatic heterocycles. The molecule has 12 heteroatoms. The summed E-state index contributed by atoms with van der Waals surface area (Å²) in [7, 11) is 8.65. The molecule has 288 valence electrons. The summed E-state index contributed by atoms with van der Waals surface area (Å²) in [5, 5.41) is 5.04. The fraction of sp³-hybridized carbons (Fsp3) is 0.882. The fourth-order valence-corrected chi connectivity index (χ4v) is 2.45. The van der Waals surface area contributed by atoms with Gasteiger partial charge in [-0.05, 0) is 17.8 Å². The predicted molar refractivity (Wildman–Crippen MR) is 195 cm³/mol. The third-order valence-corrected chi connectivity index (χ3v) is 5.34. The Bertz CT molecular complexity index is 575. The minimum Gasteiger partial charge on any atom is -0.469 e. The maximum Gasteiger partial charge on any atom is 0.406 e. The molecule has 0 aliphatic rings. The lowest BCUT2D eigenvalue weighted by molar-refractivity contribution is -0.144. The summed E-state index contributed by atoms with van der Waals surface area (Å²) >= 11 is 0. The van der Waals surface area contributed by atoms with E-state index in [4.69, 9.17) is 9.47 Å². The average Bonchev–Trinajstić information content (AvgIpc) is 2.94. The number of nitrogens with one attached hydrogen (secondary N) is 2. The second-order valence-electron chi connectivity index (χ2n) is 9.45. The molecule has 46 heavy (non-hydrogen) atoms. The van der Waals surface area contributed by atoms with Crippen LogP contribution < -0.4 is 10.6 Å². The van der Waals surface area contributed by atoms with Crippen LogP contribution in [-0.2, 0) is 38.0 Å². The Balaban J connectivity index is -0.0000000468. The summed E-state index contributed by atoms with van der Waals surface area (Å²) in [6.07, 6.45) is 2.22. The molecule has 0 radical (unpaired) electrons. The van der Waals surface area contributed by atoms with Crippen LogP contribution in [0.2, 0.25) is 0 Å². The number of amides is 2. The Morgan fingerprint density at radius 2 is 0.783 bits per heavy atom. The Labute approximate surface area is 286 Å². The molecule has 0 aromatic rings. The molecular formula is C34H82N2O10. The van der Waals surface area contributed by atoms with E-state index in [1.54, 1.807) is 21.1 Å². The molecule has 12 nitrogen and oxygen atoms in total. The number of hydrogen-bond donors (Lipinski definition) is 2. The summed E-state index contributed by atoms with van der Waals surface area (Å²) in [4.78, 5) is 42.8. The van der Waals surface area contributed by atoms with Crippen LogP contribution in [0.5, 0.6) is 0 Å². The maximum absolute atomic E-state index is 10.7. The predicted octanol–water partition coefficient (Wildman–Crippen LogP) is 8.26. The van der Waals surface area contributed by atoms with Crippen LogP contribution in [0.15, 0.2) is 0 Å². The zero-order chi connectivity index (χ0) is 31.9. The minimum absolute atomic E-state index is 0. The zero-order valence-electron chi connectivity index (χ0n) is 27.0. The van der Waals surface area contributed by atoms with E-state index in [2.05, 4.69) is 57.3 Å². The second-order valence-corrected chi connectivity index (χ2v) is 9.45. The van der Waals surface area contributed by atoms with Crippen molar-refractivity contribution >= 4 is 24.1 Å². The number of ether oxygens (including phenoxy) is 6. The second kappa shape index (κ2) is 52.0. The molecule has 0 bridgehead atoms. The van der Waals surface area contributed by atoms with Gasteiger partial charge in [0.05, 0.1) is 41.7 Å². The molecule has 0 fully saturated rings. The summed E-state index contributed by atoms with van der Waals surface area (Å²) in [6.45, 7) is 15.0. The van der Waals surface area contributed by atoms with E-state index in [0.717, 1.165) is 19.1 Å². The van der Waals surface area contributed by atoms with Gasteiger partial charge in [0.25, 0.3) is 0 Å². The molecule has 0 aliphatic heterocycles. The van der Waals surface area contributed by atoms with Crippen molar-refractivity contribution in [2.75, 3.05) is 69.0 Å². The van der Waals surface area contributed by atoms with Crippen molar-refractivity contribution in [1.29, 1.82) is 0 Å². The minimum atomic E-state index is -0.477. The first kappa shape index (κ1) is 69.9. The van der Waals surface area contributed by atoms with Crippen molar-refractivity contribution in [2.45, 2.75) is 112 Å². The van der Waals surface area contributed by atoms with E-state index in [1.165, 1.54) is 41.3 Å². The molecule has 0 saturated carbocycles. The molecular weight excluding hydrogens is 596 g/mol. The van der Waals surface area contributed by atoms with Crippen LogP contribution in [0.1, 0.15) is 112 Å². The Morgan fingerprint density at radius 3 is 0.978 bits per heavy atom. The molecule has 0 spiro atoms. The third-order valence-electron chi connectivity index (χ3n) is 5.34. The quantitative estimate of drug-likeness (QED) is 0.136. The number of esters is 2. The summed E-state index contributed by atoms with van der Waals surface area (Å²) in [6, 6.07) is 0. The number of methoxy groups -OCH3 is 6. The highest BCUT2D eigenvalue weighted by atomic mass is 16.5. The lowest BCUT2D eigenvalue weighted by atomic mass is 10.0. The van der Waals surface area contributed by atoms with Gasteiger partial charge in [-0.3, -0.25) is 9.59 Å². The molecule has 0 aliphatic carbocycles. The zero-order valence-corrected chi connectivity index (χ0v) is 27.0. The highest BCUT2D eigenvalue weighted by Gasteiger charge is 2.13. The van der Waals surface area contributed by atoms with E-state index in [0.29, 0.717) is 19.0 Å². The third kappa shape index (κ3) is 60.6. The lowest BCUT2D eigenvalue weighted by Gasteiger charge is -2.12. The van der Waals surface area contributed by atoms with Gasteiger partial charge >= 0.3 is 24.1 Å². The van der Waals surface area contributed by atoms with Gasteiger partial charge in [0.15, 0.2) is 0 Å². The molecule has 0 heterocycles. The normalized spacial score (nSPS) is 8.52. The van der Waals surface area contributed by atoms with Crippen molar-refractivity contribution in [3.63, 3.8) is 0 Å². The van der Waals surface area contributed by atoms with E-state index in [-0.39, 0.29) is 81.2 Å². The van der Waals surface area contributed by atoms with Gasteiger partial charge in [0, 0.05) is 46.1 Å². The largest absolute Gasteiger partial charge is 0.469 e. The van der Waals surface area contributed by atoms with Gasteiger partial charge in [0.1, 0.15) is 0 Å². The molecule has 0 unspecified atom stereocenters. The van der Waals surface area contributed by atoms with E-state index < -0.39 is 12.2 Å². The molecule has 0 rings (SSSR count). The van der Waals surface area contributed by atoms with Crippen LogP contribution in [0.25, 0.3) is 0 Å². The molecule has 0 saturated heterocycles. The van der Waals surface area contributed by atoms with Gasteiger partial charge < -0.3 is 39.1 Å². The first-order valence-electron chi connectivity index (χ1n) is 13.6. The van der Waals surface area contributed by atoms with Gasteiger partial charge in [-0.1, -0.05) is 98.9 Å². The van der Waals surface area contributed by atoms with Gasteiger partial charge in [-0.2, -0.15) is 0 Å². The smallest absolute Gasteiger partial charge is 0.406 e.